The SMILES string of the molecule is C=CCCCCCN1CCCNC(=O)C1C. The molecule has 0 aromatic rings. The number of nitrogens with zero attached hydrogens (tertiary/aromatic N) is 1. The lowest BCUT2D eigenvalue weighted by atomic mass is 10.1. The fraction of sp³-hybridized carbons (Fsp3) is 0.769. The summed E-state index contributed by atoms with van der Waals surface area (Å²) in [6.45, 7) is 8.64. The van der Waals surface area contributed by atoms with Gasteiger partial charge in [-0.05, 0) is 39.2 Å². The van der Waals surface area contributed by atoms with Crippen molar-refractivity contribution in [1.82, 2.24) is 10.2 Å². The van der Waals surface area contributed by atoms with E-state index >= 15 is 0 Å². The predicted molar refractivity (Wildman–Crippen MR) is 67.3 cm³/mol. The van der Waals surface area contributed by atoms with E-state index in [1.54, 1.807) is 0 Å². The zero-order valence-corrected chi connectivity index (χ0v) is 10.4. The van der Waals surface area contributed by atoms with Crippen molar-refractivity contribution < 1.29 is 4.79 Å². The third-order valence-electron chi connectivity index (χ3n) is 3.20. The molecule has 1 aliphatic rings. The molecule has 0 aromatic carbocycles. The first-order valence-corrected chi connectivity index (χ1v) is 6.38. The van der Waals surface area contributed by atoms with Crippen LogP contribution in [-0.4, -0.2) is 36.5 Å². The molecule has 1 atom stereocenters. The van der Waals surface area contributed by atoms with Gasteiger partial charge in [-0.3, -0.25) is 9.69 Å². The first kappa shape index (κ1) is 13.2. The lowest BCUT2D eigenvalue weighted by Crippen LogP contribution is -2.42. The number of amides is 1. The van der Waals surface area contributed by atoms with Gasteiger partial charge in [0.15, 0.2) is 0 Å². The van der Waals surface area contributed by atoms with Crippen LogP contribution in [0.4, 0.5) is 0 Å². The standard InChI is InChI=1S/C13H24N2O/c1-3-4-5-6-7-10-15-11-8-9-14-13(16)12(15)2/h3,12H,1,4-11H2,2H3,(H,14,16). The van der Waals surface area contributed by atoms with E-state index in [9.17, 15) is 4.79 Å². The second-order valence-electron chi connectivity index (χ2n) is 4.49. The highest BCUT2D eigenvalue weighted by molar-refractivity contribution is 5.81. The summed E-state index contributed by atoms with van der Waals surface area (Å²) < 4.78 is 0. The summed E-state index contributed by atoms with van der Waals surface area (Å²) >= 11 is 0. The Morgan fingerprint density at radius 1 is 1.50 bits per heavy atom. The van der Waals surface area contributed by atoms with Crippen LogP contribution in [-0.2, 0) is 4.79 Å². The Morgan fingerprint density at radius 3 is 3.06 bits per heavy atom. The molecule has 3 heteroatoms. The molecule has 0 spiro atoms. The minimum atomic E-state index is 0.0434. The molecule has 1 heterocycles. The Kier molecular flexibility index (Phi) is 6.16. The highest BCUT2D eigenvalue weighted by Gasteiger charge is 2.22. The van der Waals surface area contributed by atoms with Gasteiger partial charge in [-0.1, -0.05) is 12.5 Å². The lowest BCUT2D eigenvalue weighted by Gasteiger charge is -2.24. The average molecular weight is 224 g/mol. The Morgan fingerprint density at radius 2 is 2.31 bits per heavy atom. The summed E-state index contributed by atoms with van der Waals surface area (Å²) in [5.41, 5.74) is 0. The third-order valence-corrected chi connectivity index (χ3v) is 3.20. The maximum atomic E-state index is 11.6. The van der Waals surface area contributed by atoms with Crippen molar-refractivity contribution in [1.29, 1.82) is 0 Å². The number of carbonyl (C=O) groups excluding carboxylic acids is 1. The second-order valence-corrected chi connectivity index (χ2v) is 4.49. The molecule has 0 radical (unpaired) electrons. The average Bonchev–Trinajstić information content (AvgIpc) is 2.44. The summed E-state index contributed by atoms with van der Waals surface area (Å²) in [4.78, 5) is 13.9. The largest absolute Gasteiger partial charge is 0.355 e. The van der Waals surface area contributed by atoms with Crippen LogP contribution in [0.15, 0.2) is 12.7 Å². The number of unbranched alkanes of at least 4 members (excludes halogenated alkanes) is 3. The van der Waals surface area contributed by atoms with E-state index in [-0.39, 0.29) is 11.9 Å². The zero-order valence-electron chi connectivity index (χ0n) is 10.4. The van der Waals surface area contributed by atoms with Crippen molar-refractivity contribution in [2.45, 2.75) is 45.1 Å². The second kappa shape index (κ2) is 7.44. The van der Waals surface area contributed by atoms with E-state index in [0.717, 1.165) is 32.5 Å². The molecule has 1 saturated heterocycles. The van der Waals surface area contributed by atoms with Gasteiger partial charge in [-0.25, -0.2) is 0 Å². The van der Waals surface area contributed by atoms with Gasteiger partial charge >= 0.3 is 0 Å². The monoisotopic (exact) mass is 224 g/mol. The van der Waals surface area contributed by atoms with Crippen molar-refractivity contribution >= 4 is 5.91 Å². The number of hydrogen-bond donors (Lipinski definition) is 1. The first-order chi connectivity index (χ1) is 7.75. The topological polar surface area (TPSA) is 32.3 Å². The number of rotatable bonds is 6. The highest BCUT2D eigenvalue weighted by atomic mass is 16.2. The quantitative estimate of drug-likeness (QED) is 0.552. The van der Waals surface area contributed by atoms with Crippen LogP contribution in [0.25, 0.3) is 0 Å². The molecule has 3 nitrogen and oxygen atoms in total. The number of nitrogens with one attached hydrogen (secondary N) is 1. The molecule has 0 aromatic heterocycles. The Hall–Kier alpha value is -0.830. The minimum absolute atomic E-state index is 0.0434. The maximum Gasteiger partial charge on any atom is 0.237 e. The van der Waals surface area contributed by atoms with Crippen LogP contribution < -0.4 is 5.32 Å². The lowest BCUT2D eigenvalue weighted by molar-refractivity contribution is -0.124. The van der Waals surface area contributed by atoms with E-state index in [1.165, 1.54) is 19.3 Å². The van der Waals surface area contributed by atoms with Crippen LogP contribution >= 0.6 is 0 Å². The van der Waals surface area contributed by atoms with E-state index in [0.29, 0.717) is 0 Å². The summed E-state index contributed by atoms with van der Waals surface area (Å²) in [5.74, 6) is 0.184. The van der Waals surface area contributed by atoms with Crippen molar-refractivity contribution in [2.24, 2.45) is 0 Å². The molecule has 1 unspecified atom stereocenters. The highest BCUT2D eigenvalue weighted by Crippen LogP contribution is 2.08. The van der Waals surface area contributed by atoms with E-state index in [1.807, 2.05) is 13.0 Å². The van der Waals surface area contributed by atoms with E-state index in [2.05, 4.69) is 16.8 Å². The van der Waals surface area contributed by atoms with Crippen molar-refractivity contribution in [3.05, 3.63) is 12.7 Å². The molecular weight excluding hydrogens is 200 g/mol. The molecule has 1 aliphatic heterocycles. The molecule has 0 aliphatic carbocycles. The fourth-order valence-corrected chi connectivity index (χ4v) is 2.09. The molecule has 1 fully saturated rings. The van der Waals surface area contributed by atoms with Crippen LogP contribution in [0.3, 0.4) is 0 Å². The van der Waals surface area contributed by atoms with E-state index in [4.69, 9.17) is 0 Å². The van der Waals surface area contributed by atoms with Crippen molar-refractivity contribution in [3.8, 4) is 0 Å². The fourth-order valence-electron chi connectivity index (χ4n) is 2.09. The number of carbonyl (C=O) groups is 1. The zero-order chi connectivity index (χ0) is 11.8. The molecule has 0 saturated carbocycles. The summed E-state index contributed by atoms with van der Waals surface area (Å²) in [6, 6.07) is 0.0434. The summed E-state index contributed by atoms with van der Waals surface area (Å²) in [7, 11) is 0. The van der Waals surface area contributed by atoms with Crippen molar-refractivity contribution in [3.63, 3.8) is 0 Å². The van der Waals surface area contributed by atoms with Gasteiger partial charge in [0, 0.05) is 13.1 Å². The Labute approximate surface area is 98.9 Å². The van der Waals surface area contributed by atoms with Gasteiger partial charge in [0.2, 0.25) is 5.91 Å². The maximum absolute atomic E-state index is 11.6. The minimum Gasteiger partial charge on any atom is -0.355 e. The summed E-state index contributed by atoms with van der Waals surface area (Å²) in [5, 5.41) is 2.94. The first-order valence-electron chi connectivity index (χ1n) is 6.38. The molecule has 1 amide bonds. The predicted octanol–water partition coefficient (Wildman–Crippen LogP) is 1.94. The Bertz CT molecular complexity index is 228. The van der Waals surface area contributed by atoms with Crippen LogP contribution in [0.5, 0.6) is 0 Å². The number of allylic oxidation sites excluding steroid dienone is 1. The molecule has 1 N–H and O–H groups in total. The van der Waals surface area contributed by atoms with Crippen LogP contribution in [0.2, 0.25) is 0 Å². The van der Waals surface area contributed by atoms with Crippen molar-refractivity contribution in [2.75, 3.05) is 19.6 Å². The Balaban J connectivity index is 2.22. The van der Waals surface area contributed by atoms with E-state index < -0.39 is 0 Å². The normalized spacial score (nSPS) is 22.6. The van der Waals surface area contributed by atoms with Gasteiger partial charge in [-0.2, -0.15) is 0 Å². The van der Waals surface area contributed by atoms with Gasteiger partial charge in [0.05, 0.1) is 6.04 Å². The molecule has 16 heavy (non-hydrogen) atoms. The van der Waals surface area contributed by atoms with Crippen LogP contribution in [0.1, 0.15) is 39.0 Å². The van der Waals surface area contributed by atoms with Gasteiger partial charge < -0.3 is 5.32 Å². The third kappa shape index (κ3) is 4.35. The molecule has 1 rings (SSSR count). The summed E-state index contributed by atoms with van der Waals surface area (Å²) in [6.07, 6.45) is 7.79. The van der Waals surface area contributed by atoms with Gasteiger partial charge in [0.1, 0.15) is 0 Å². The molecule has 0 bridgehead atoms. The number of hydrogen-bond acceptors (Lipinski definition) is 2. The van der Waals surface area contributed by atoms with Gasteiger partial charge in [-0.15, -0.1) is 6.58 Å². The van der Waals surface area contributed by atoms with Gasteiger partial charge in [0.25, 0.3) is 0 Å². The smallest absolute Gasteiger partial charge is 0.237 e. The molecule has 92 valence electrons. The van der Waals surface area contributed by atoms with Crippen LogP contribution in [0, 0.1) is 0 Å². The molecular formula is C13H24N2O.